The molecule has 0 fully saturated rings. The number of fused-ring (bicyclic) bond motifs is 9. The van der Waals surface area contributed by atoms with Crippen molar-refractivity contribution in [1.82, 2.24) is 9.13 Å². The van der Waals surface area contributed by atoms with Crippen molar-refractivity contribution in [2.75, 3.05) is 0 Å². The highest BCUT2D eigenvalue weighted by Gasteiger charge is 2.35. The quantitative estimate of drug-likeness (QED) is 0.144. The second kappa shape index (κ2) is 17.7. The van der Waals surface area contributed by atoms with Crippen LogP contribution in [0.2, 0.25) is 0 Å². The van der Waals surface area contributed by atoms with E-state index in [1.807, 2.05) is 22.7 Å². The van der Waals surface area contributed by atoms with Gasteiger partial charge in [-0.2, -0.15) is 0 Å². The van der Waals surface area contributed by atoms with E-state index in [9.17, 15) is 0 Å². The van der Waals surface area contributed by atoms with Gasteiger partial charge in [0.05, 0.1) is 22.1 Å². The van der Waals surface area contributed by atoms with E-state index >= 15 is 0 Å². The molecule has 4 heterocycles. The van der Waals surface area contributed by atoms with Gasteiger partial charge in [0.1, 0.15) is 0 Å². The minimum atomic E-state index is -0.125. The fourth-order valence-electron chi connectivity index (χ4n) is 11.6. The predicted octanol–water partition coefficient (Wildman–Crippen LogP) is 20.6. The molecule has 0 bridgehead atoms. The summed E-state index contributed by atoms with van der Waals surface area (Å²) in [5.74, 6) is 0. The summed E-state index contributed by atoms with van der Waals surface area (Å²) in [4.78, 5) is 5.03. The molecular weight excluding hydrogens is 945 g/mol. The van der Waals surface area contributed by atoms with Gasteiger partial charge in [-0.05, 0) is 164 Å². The first-order valence-corrected chi connectivity index (χ1v) is 27.9. The smallest absolute Gasteiger partial charge is 0.0541 e. The monoisotopic (exact) mass is 1000 g/mol. The summed E-state index contributed by atoms with van der Waals surface area (Å²) in [5, 5.41) is 5.11. The van der Waals surface area contributed by atoms with Crippen molar-refractivity contribution in [2.24, 2.45) is 0 Å². The van der Waals surface area contributed by atoms with E-state index in [2.05, 4.69) is 283 Å². The Morgan fingerprint density at radius 3 is 1.19 bits per heavy atom. The average Bonchev–Trinajstić information content (AvgIpc) is 4.29. The second-order valence-corrected chi connectivity index (χ2v) is 25.3. The number of thiophene rings is 2. The number of para-hydroxylation sites is 2. The van der Waals surface area contributed by atoms with Crippen LogP contribution >= 0.6 is 22.7 Å². The van der Waals surface area contributed by atoms with Crippen LogP contribution in [-0.2, 0) is 16.2 Å². The average molecular weight is 1010 g/mol. The summed E-state index contributed by atoms with van der Waals surface area (Å²) < 4.78 is 4.82. The van der Waals surface area contributed by atoms with Crippen LogP contribution in [0.4, 0.5) is 0 Å². The molecule has 1 aliphatic rings. The number of nitrogens with zero attached hydrogens (tertiary/aromatic N) is 2. The Bertz CT molecular complexity index is 3980. The Kier molecular flexibility index (Phi) is 11.1. The summed E-state index contributed by atoms with van der Waals surface area (Å²) in [7, 11) is 0. The molecule has 0 spiro atoms. The normalized spacial score (nSPS) is 13.6. The summed E-state index contributed by atoms with van der Waals surface area (Å²) in [6.45, 7) is 18.4. The van der Waals surface area contributed by atoms with Gasteiger partial charge in [-0.3, -0.25) is 0 Å². The zero-order chi connectivity index (χ0) is 51.4. The van der Waals surface area contributed by atoms with Crippen molar-refractivity contribution in [3.05, 3.63) is 237 Å². The molecule has 12 aromatic rings. The highest BCUT2D eigenvalue weighted by atomic mass is 32.1. The van der Waals surface area contributed by atoms with Crippen molar-refractivity contribution in [3.8, 4) is 43.4 Å². The third-order valence-electron chi connectivity index (χ3n) is 15.8. The van der Waals surface area contributed by atoms with Crippen LogP contribution in [0.25, 0.3) is 111 Å². The lowest BCUT2D eigenvalue weighted by Crippen LogP contribution is -2.15. The maximum atomic E-state index is 2.41. The Hall–Kier alpha value is -7.76. The van der Waals surface area contributed by atoms with E-state index in [0.717, 1.165) is 0 Å². The molecule has 2 nitrogen and oxygen atoms in total. The first-order valence-electron chi connectivity index (χ1n) is 26.3. The first kappa shape index (κ1) is 47.0. The lowest BCUT2D eigenvalue weighted by Gasteiger charge is -2.22. The van der Waals surface area contributed by atoms with Gasteiger partial charge in [0.2, 0.25) is 0 Å². The van der Waals surface area contributed by atoms with Crippen LogP contribution in [0.15, 0.2) is 194 Å². The van der Waals surface area contributed by atoms with Crippen molar-refractivity contribution in [1.29, 1.82) is 0 Å². The van der Waals surface area contributed by atoms with Gasteiger partial charge in [-0.25, -0.2) is 0 Å². The lowest BCUT2D eigenvalue weighted by atomic mass is 9.81. The molecule has 0 amide bonds. The third kappa shape index (κ3) is 8.23. The Labute approximate surface area is 449 Å². The molecule has 0 saturated heterocycles. The molecule has 0 N–H and O–H groups in total. The third-order valence-corrected chi connectivity index (χ3v) is 18.0. The molecule has 75 heavy (non-hydrogen) atoms. The summed E-state index contributed by atoms with van der Waals surface area (Å²) in [5.41, 5.74) is 20.5. The van der Waals surface area contributed by atoms with Gasteiger partial charge in [-0.1, -0.05) is 177 Å². The first-order chi connectivity index (χ1) is 36.2. The van der Waals surface area contributed by atoms with Crippen molar-refractivity contribution >= 4 is 90.6 Å². The molecule has 0 saturated carbocycles. The molecule has 0 unspecified atom stereocenters. The topological polar surface area (TPSA) is 9.86 Å². The van der Waals surface area contributed by atoms with Gasteiger partial charge in [0.25, 0.3) is 0 Å². The minimum absolute atomic E-state index is 0.113. The van der Waals surface area contributed by atoms with E-state index in [4.69, 9.17) is 0 Å². The highest BCUT2D eigenvalue weighted by Crippen LogP contribution is 2.50. The van der Waals surface area contributed by atoms with E-state index < -0.39 is 0 Å². The molecule has 4 aromatic heterocycles. The molecule has 366 valence electrons. The van der Waals surface area contributed by atoms with Crippen LogP contribution in [0, 0.1) is 0 Å². The van der Waals surface area contributed by atoms with Gasteiger partial charge < -0.3 is 9.13 Å². The zero-order valence-electron chi connectivity index (χ0n) is 44.0. The number of rotatable bonds is 8. The van der Waals surface area contributed by atoms with E-state index in [0.29, 0.717) is 0 Å². The maximum Gasteiger partial charge on any atom is 0.0541 e. The fourth-order valence-corrected chi connectivity index (χ4v) is 13.4. The van der Waals surface area contributed by atoms with Crippen LogP contribution in [0.3, 0.4) is 0 Å². The molecule has 0 aliphatic heterocycles. The number of benzene rings is 8. The Morgan fingerprint density at radius 2 is 0.773 bits per heavy atom. The standard InChI is InChI=1S/C71H60N2S2/c1-69(2,3)49-23-27-51(28-24-49)72-63-15-11-9-13-57(63)59-43-47(21-37-65(59)72)67-39-33-53(74-67)31-17-45-19-35-55-56-36-20-46(42-62(56)71(7,8)61(55)41-45)18-32-54-34-40-68(75-54)48-22-38-66-60(44-48)58-14-10-12-16-64(58)73(66)52-29-25-50(26-30-52)70(4,5)6/h9-44H,1-8H3/b31-17+,32-18+. The van der Waals surface area contributed by atoms with Crippen molar-refractivity contribution in [3.63, 3.8) is 0 Å². The van der Waals surface area contributed by atoms with Gasteiger partial charge >= 0.3 is 0 Å². The fraction of sp³-hybridized carbons (Fsp3) is 0.155. The van der Waals surface area contributed by atoms with Gasteiger partial charge in [-0.15, -0.1) is 22.7 Å². The summed E-state index contributed by atoms with van der Waals surface area (Å²) >= 11 is 3.69. The van der Waals surface area contributed by atoms with Crippen LogP contribution < -0.4 is 0 Å². The maximum absolute atomic E-state index is 2.41. The number of aromatic nitrogens is 2. The Balaban J connectivity index is 0.719. The second-order valence-electron chi connectivity index (χ2n) is 23.1. The molecular formula is C71H60N2S2. The molecule has 0 atom stereocenters. The van der Waals surface area contributed by atoms with Crippen LogP contribution in [0.5, 0.6) is 0 Å². The van der Waals surface area contributed by atoms with Crippen molar-refractivity contribution in [2.45, 2.75) is 71.6 Å². The summed E-state index contributed by atoms with van der Waals surface area (Å²) in [6, 6.07) is 72.8. The number of hydrogen-bond donors (Lipinski definition) is 0. The molecule has 8 aromatic carbocycles. The molecule has 1 aliphatic carbocycles. The van der Waals surface area contributed by atoms with E-state index in [1.165, 1.54) is 130 Å². The molecule has 4 heteroatoms. The SMILES string of the molecule is CC(C)(C)c1ccc(-n2c3ccccc3c3cc(-c4ccc(/C=C/c5ccc6c(c5)C(C)(C)c5cc(/C=C/c7ccc(-c8ccc9c(c8)c8ccccc8n9-c8ccc(C(C)(C)C)cc8)s7)ccc5-6)s4)ccc32)cc1. The van der Waals surface area contributed by atoms with Crippen molar-refractivity contribution < 1.29 is 0 Å². The molecule has 0 radical (unpaired) electrons. The van der Waals surface area contributed by atoms with E-state index in [-0.39, 0.29) is 16.2 Å². The predicted molar refractivity (Wildman–Crippen MR) is 327 cm³/mol. The molecule has 13 rings (SSSR count). The van der Waals surface area contributed by atoms with E-state index in [1.54, 1.807) is 0 Å². The van der Waals surface area contributed by atoms with Gasteiger partial charge in [0.15, 0.2) is 0 Å². The van der Waals surface area contributed by atoms with Crippen LogP contribution in [0.1, 0.15) is 98.5 Å². The highest BCUT2D eigenvalue weighted by molar-refractivity contribution is 7.16. The summed E-state index contributed by atoms with van der Waals surface area (Å²) in [6.07, 6.45) is 9.12. The minimum Gasteiger partial charge on any atom is -0.309 e. The lowest BCUT2D eigenvalue weighted by molar-refractivity contribution is 0.590. The van der Waals surface area contributed by atoms with Crippen LogP contribution in [-0.4, -0.2) is 9.13 Å². The van der Waals surface area contributed by atoms with Gasteiger partial charge in [0, 0.05) is 57.8 Å². The largest absolute Gasteiger partial charge is 0.309 e. The zero-order valence-corrected chi connectivity index (χ0v) is 45.6. The number of hydrogen-bond acceptors (Lipinski definition) is 2. The Morgan fingerprint density at radius 1 is 0.373 bits per heavy atom.